The molecule has 3 atom stereocenters. The Hall–Kier alpha value is -0.610. The van der Waals surface area contributed by atoms with Crippen molar-refractivity contribution in [3.05, 3.63) is 0 Å². The van der Waals surface area contributed by atoms with Crippen molar-refractivity contribution in [3.8, 4) is 0 Å². The number of ether oxygens (including phenoxy) is 1. The second-order valence-corrected chi connectivity index (χ2v) is 5.23. The Balaban J connectivity index is 1.74. The molecule has 0 bridgehead atoms. The summed E-state index contributed by atoms with van der Waals surface area (Å²) in [7, 11) is 0. The molecule has 2 fully saturated rings. The first-order valence-electron chi connectivity index (χ1n) is 6.81. The first-order valence-corrected chi connectivity index (χ1v) is 6.81. The summed E-state index contributed by atoms with van der Waals surface area (Å²) in [4.78, 5) is 11.8. The van der Waals surface area contributed by atoms with Gasteiger partial charge in [0.15, 0.2) is 0 Å². The first kappa shape index (κ1) is 12.8. The first-order chi connectivity index (χ1) is 8.31. The van der Waals surface area contributed by atoms with Gasteiger partial charge in [-0.1, -0.05) is 12.8 Å². The Kier molecular flexibility index (Phi) is 4.80. The Morgan fingerprint density at radius 2 is 1.94 bits per heavy atom. The van der Waals surface area contributed by atoms with E-state index in [0.29, 0.717) is 25.0 Å². The van der Waals surface area contributed by atoms with Crippen molar-refractivity contribution in [2.24, 2.45) is 11.8 Å². The molecule has 98 valence electrons. The number of aliphatic hydroxyl groups excluding tert-OH is 1. The van der Waals surface area contributed by atoms with Crippen molar-refractivity contribution in [3.63, 3.8) is 0 Å². The van der Waals surface area contributed by atoms with Gasteiger partial charge in [0.2, 0.25) is 5.91 Å². The van der Waals surface area contributed by atoms with Crippen molar-refractivity contribution in [1.82, 2.24) is 5.32 Å². The number of aliphatic hydroxyl groups is 1. The van der Waals surface area contributed by atoms with E-state index in [-0.39, 0.29) is 18.6 Å². The zero-order chi connectivity index (χ0) is 12.1. The molecule has 0 aromatic heterocycles. The van der Waals surface area contributed by atoms with Crippen molar-refractivity contribution < 1.29 is 14.6 Å². The van der Waals surface area contributed by atoms with Crippen LogP contribution in [-0.4, -0.2) is 36.9 Å². The van der Waals surface area contributed by atoms with E-state index in [1.165, 1.54) is 12.8 Å². The third-order valence-corrected chi connectivity index (χ3v) is 4.06. The molecule has 1 heterocycles. The molecule has 1 saturated heterocycles. The maximum absolute atomic E-state index is 11.8. The highest BCUT2D eigenvalue weighted by Crippen LogP contribution is 2.29. The van der Waals surface area contributed by atoms with Gasteiger partial charge in [-0.15, -0.1) is 0 Å². The number of amides is 1. The fourth-order valence-electron chi connectivity index (χ4n) is 2.92. The predicted octanol–water partition coefficient (Wildman–Crippen LogP) is 1.08. The van der Waals surface area contributed by atoms with Crippen LogP contribution in [0.5, 0.6) is 0 Å². The lowest BCUT2D eigenvalue weighted by Gasteiger charge is -2.30. The lowest BCUT2D eigenvalue weighted by Crippen LogP contribution is -2.40. The van der Waals surface area contributed by atoms with Crippen LogP contribution in [0.2, 0.25) is 0 Å². The third-order valence-electron chi connectivity index (χ3n) is 4.06. The molecule has 17 heavy (non-hydrogen) atoms. The van der Waals surface area contributed by atoms with E-state index < -0.39 is 0 Å². The number of hydrogen-bond donors (Lipinski definition) is 2. The van der Waals surface area contributed by atoms with Gasteiger partial charge in [0, 0.05) is 19.8 Å². The molecule has 0 radical (unpaired) electrons. The number of carbonyl (C=O) groups is 1. The molecule has 1 saturated carbocycles. The summed E-state index contributed by atoms with van der Waals surface area (Å²) < 4.78 is 5.35. The van der Waals surface area contributed by atoms with Crippen LogP contribution in [0.25, 0.3) is 0 Å². The Morgan fingerprint density at radius 3 is 2.59 bits per heavy atom. The van der Waals surface area contributed by atoms with Gasteiger partial charge in [-0.2, -0.15) is 0 Å². The lowest BCUT2D eigenvalue weighted by molar-refractivity contribution is -0.130. The van der Waals surface area contributed by atoms with Crippen LogP contribution in [0.15, 0.2) is 0 Å². The highest BCUT2D eigenvalue weighted by Gasteiger charge is 2.27. The molecule has 2 aliphatic rings. The minimum absolute atomic E-state index is 0.0322. The second-order valence-electron chi connectivity index (χ2n) is 5.23. The van der Waals surface area contributed by atoms with E-state index in [1.807, 2.05) is 0 Å². The Labute approximate surface area is 103 Å². The topological polar surface area (TPSA) is 58.6 Å². The summed E-state index contributed by atoms with van der Waals surface area (Å²) in [6.45, 7) is 1.66. The molecule has 1 aliphatic carbocycles. The van der Waals surface area contributed by atoms with Crippen LogP contribution < -0.4 is 5.32 Å². The van der Waals surface area contributed by atoms with Crippen molar-refractivity contribution in [2.75, 3.05) is 19.8 Å². The quantitative estimate of drug-likeness (QED) is 0.774. The van der Waals surface area contributed by atoms with Crippen molar-refractivity contribution in [1.29, 1.82) is 0 Å². The maximum Gasteiger partial charge on any atom is 0.249 e. The van der Waals surface area contributed by atoms with Crippen LogP contribution in [0.1, 0.15) is 38.5 Å². The molecule has 2 unspecified atom stereocenters. The number of carbonyl (C=O) groups excluding carboxylic acids is 1. The predicted molar refractivity (Wildman–Crippen MR) is 64.5 cm³/mol. The maximum atomic E-state index is 11.8. The zero-order valence-electron chi connectivity index (χ0n) is 10.4. The molecule has 4 heteroatoms. The zero-order valence-corrected chi connectivity index (χ0v) is 10.4. The minimum Gasteiger partial charge on any atom is -0.396 e. The van der Waals surface area contributed by atoms with E-state index >= 15 is 0 Å². The van der Waals surface area contributed by atoms with Gasteiger partial charge >= 0.3 is 0 Å². The molecular weight excluding hydrogens is 218 g/mol. The number of hydrogen-bond acceptors (Lipinski definition) is 3. The van der Waals surface area contributed by atoms with Crippen LogP contribution in [0.3, 0.4) is 0 Å². The molecule has 1 amide bonds. The van der Waals surface area contributed by atoms with Gasteiger partial charge in [0.05, 0.1) is 0 Å². The summed E-state index contributed by atoms with van der Waals surface area (Å²) in [5, 5.41) is 12.3. The van der Waals surface area contributed by atoms with Crippen molar-refractivity contribution in [2.45, 2.75) is 44.6 Å². The SMILES string of the molecule is O=C(NCC1CCCCC1CO)[C@@H]1CCCO1. The van der Waals surface area contributed by atoms with E-state index in [2.05, 4.69) is 5.32 Å². The molecule has 0 spiro atoms. The average Bonchev–Trinajstić information content (AvgIpc) is 2.90. The molecule has 2 N–H and O–H groups in total. The van der Waals surface area contributed by atoms with Gasteiger partial charge < -0.3 is 15.2 Å². The minimum atomic E-state index is -0.230. The summed E-state index contributed by atoms with van der Waals surface area (Å²) >= 11 is 0. The molecule has 0 aromatic carbocycles. The molecule has 4 nitrogen and oxygen atoms in total. The van der Waals surface area contributed by atoms with Crippen LogP contribution in [-0.2, 0) is 9.53 Å². The third kappa shape index (κ3) is 3.42. The largest absolute Gasteiger partial charge is 0.396 e. The molecular formula is C13H23NO3. The van der Waals surface area contributed by atoms with E-state index in [0.717, 1.165) is 25.7 Å². The Morgan fingerprint density at radius 1 is 1.18 bits per heavy atom. The summed E-state index contributed by atoms with van der Waals surface area (Å²) in [6.07, 6.45) is 6.25. The van der Waals surface area contributed by atoms with Gasteiger partial charge in [0.25, 0.3) is 0 Å². The van der Waals surface area contributed by atoms with Crippen LogP contribution >= 0.6 is 0 Å². The smallest absolute Gasteiger partial charge is 0.249 e. The van der Waals surface area contributed by atoms with E-state index in [9.17, 15) is 9.90 Å². The highest BCUT2D eigenvalue weighted by atomic mass is 16.5. The molecule has 2 rings (SSSR count). The molecule has 0 aromatic rings. The fourth-order valence-corrected chi connectivity index (χ4v) is 2.92. The second kappa shape index (κ2) is 6.36. The van der Waals surface area contributed by atoms with Crippen LogP contribution in [0.4, 0.5) is 0 Å². The normalized spacial score (nSPS) is 33.6. The number of rotatable bonds is 4. The van der Waals surface area contributed by atoms with Crippen LogP contribution in [0, 0.1) is 11.8 Å². The summed E-state index contributed by atoms with van der Waals surface area (Å²) in [6, 6.07) is 0. The van der Waals surface area contributed by atoms with E-state index in [4.69, 9.17) is 4.74 Å². The monoisotopic (exact) mass is 241 g/mol. The van der Waals surface area contributed by atoms with Gasteiger partial charge in [-0.05, 0) is 37.5 Å². The highest BCUT2D eigenvalue weighted by molar-refractivity contribution is 5.80. The van der Waals surface area contributed by atoms with E-state index in [1.54, 1.807) is 0 Å². The standard InChI is InChI=1S/C13H23NO3/c15-9-11-5-2-1-4-10(11)8-14-13(16)12-6-3-7-17-12/h10-12,15H,1-9H2,(H,14,16)/t10?,11?,12-/m0/s1. The fraction of sp³-hybridized carbons (Fsp3) is 0.923. The summed E-state index contributed by atoms with van der Waals surface area (Å²) in [5.74, 6) is 0.845. The van der Waals surface area contributed by atoms with Gasteiger partial charge in [-0.3, -0.25) is 4.79 Å². The van der Waals surface area contributed by atoms with Crippen molar-refractivity contribution >= 4 is 5.91 Å². The molecule has 1 aliphatic heterocycles. The summed E-state index contributed by atoms with van der Waals surface area (Å²) in [5.41, 5.74) is 0. The lowest BCUT2D eigenvalue weighted by atomic mass is 9.79. The van der Waals surface area contributed by atoms with Gasteiger partial charge in [-0.25, -0.2) is 0 Å². The van der Waals surface area contributed by atoms with Gasteiger partial charge in [0.1, 0.15) is 6.10 Å². The Bertz CT molecular complexity index is 251. The average molecular weight is 241 g/mol. The number of nitrogens with one attached hydrogen (secondary N) is 1.